The number of Topliss-reactive ketones (excluding diaryl/α,β-unsaturated/α-hetero) is 1. The number of carbonyl (C=O) groups is 1. The van der Waals surface area contributed by atoms with Gasteiger partial charge in [0.15, 0.2) is 17.3 Å². The second-order valence-corrected chi connectivity index (χ2v) is 5.34. The molecule has 2 aromatic carbocycles. The van der Waals surface area contributed by atoms with Gasteiger partial charge in [-0.05, 0) is 17.7 Å². The van der Waals surface area contributed by atoms with Gasteiger partial charge in [-0.2, -0.15) is 0 Å². The highest BCUT2D eigenvalue weighted by molar-refractivity contribution is 6.03. The van der Waals surface area contributed by atoms with Crippen LogP contribution in [0.2, 0.25) is 0 Å². The van der Waals surface area contributed by atoms with Gasteiger partial charge in [0.05, 0.1) is 27.8 Å². The molecule has 1 aliphatic heterocycles. The van der Waals surface area contributed by atoms with Crippen molar-refractivity contribution in [1.29, 1.82) is 0 Å². The average Bonchev–Trinajstić information content (AvgIpc) is 2.61. The molecular formula is C18H18O6. The Hall–Kier alpha value is -2.89. The lowest BCUT2D eigenvalue weighted by atomic mass is 9.95. The Balaban J connectivity index is 2.01. The monoisotopic (exact) mass is 330 g/mol. The number of fused-ring (bicyclic) bond motifs is 1. The van der Waals surface area contributed by atoms with Gasteiger partial charge in [-0.25, -0.2) is 0 Å². The molecule has 1 heterocycles. The maximum Gasteiger partial charge on any atom is 0.201 e. The standard InChI is InChI=1S/C18H18O6/c1-21-11-6-4-10(5-7-11)13-8-12(19)16-14(24-13)9-15(22-2)17(20)18(16)23-3/h4-7,9,13,20H,8H2,1-3H3/t13-/m1/s1. The van der Waals surface area contributed by atoms with Crippen LogP contribution in [0.1, 0.15) is 28.4 Å². The number of methoxy groups -OCH3 is 3. The molecule has 24 heavy (non-hydrogen) atoms. The zero-order valence-electron chi connectivity index (χ0n) is 13.7. The second-order valence-electron chi connectivity index (χ2n) is 5.34. The first kappa shape index (κ1) is 16.0. The van der Waals surface area contributed by atoms with Crippen LogP contribution in [-0.4, -0.2) is 32.2 Å². The van der Waals surface area contributed by atoms with Gasteiger partial charge in [-0.3, -0.25) is 4.79 Å². The molecule has 0 saturated heterocycles. The summed E-state index contributed by atoms with van der Waals surface area (Å²) in [6.07, 6.45) is -0.267. The van der Waals surface area contributed by atoms with E-state index in [9.17, 15) is 9.90 Å². The quantitative estimate of drug-likeness (QED) is 0.928. The molecule has 126 valence electrons. The molecule has 0 aliphatic carbocycles. The number of ether oxygens (including phenoxy) is 4. The number of phenolic OH excluding ortho intramolecular Hbond substituents is 1. The van der Waals surface area contributed by atoms with Crippen LogP contribution in [0.25, 0.3) is 0 Å². The molecule has 0 unspecified atom stereocenters. The van der Waals surface area contributed by atoms with E-state index in [0.717, 1.165) is 11.3 Å². The number of ketones is 1. The summed E-state index contributed by atoms with van der Waals surface area (Å²) in [5.74, 6) is 0.954. The highest BCUT2D eigenvalue weighted by atomic mass is 16.5. The first-order valence-electron chi connectivity index (χ1n) is 7.40. The Morgan fingerprint density at radius 1 is 1.08 bits per heavy atom. The predicted molar refractivity (Wildman–Crippen MR) is 86.5 cm³/mol. The lowest BCUT2D eigenvalue weighted by molar-refractivity contribution is 0.0842. The van der Waals surface area contributed by atoms with E-state index in [0.29, 0.717) is 5.75 Å². The molecule has 3 rings (SSSR count). The smallest absolute Gasteiger partial charge is 0.201 e. The Morgan fingerprint density at radius 2 is 1.79 bits per heavy atom. The van der Waals surface area contributed by atoms with Gasteiger partial charge in [0, 0.05) is 6.07 Å². The molecular weight excluding hydrogens is 312 g/mol. The summed E-state index contributed by atoms with van der Waals surface area (Å²) in [6, 6.07) is 8.85. The lowest BCUT2D eigenvalue weighted by Gasteiger charge is -2.27. The molecule has 1 N–H and O–H groups in total. The molecule has 0 saturated carbocycles. The summed E-state index contributed by atoms with van der Waals surface area (Å²) >= 11 is 0. The fourth-order valence-electron chi connectivity index (χ4n) is 2.78. The highest BCUT2D eigenvalue weighted by Gasteiger charge is 2.33. The van der Waals surface area contributed by atoms with Crippen molar-refractivity contribution in [3.8, 4) is 28.7 Å². The zero-order chi connectivity index (χ0) is 17.3. The largest absolute Gasteiger partial charge is 0.502 e. The minimum atomic E-state index is -0.421. The van der Waals surface area contributed by atoms with E-state index in [2.05, 4.69) is 0 Å². The lowest BCUT2D eigenvalue weighted by Crippen LogP contribution is -2.21. The first-order chi connectivity index (χ1) is 11.6. The predicted octanol–water partition coefficient (Wildman–Crippen LogP) is 3.12. The molecule has 6 heteroatoms. The Bertz CT molecular complexity index is 766. The highest BCUT2D eigenvalue weighted by Crippen LogP contribution is 2.48. The van der Waals surface area contributed by atoms with Crippen molar-refractivity contribution in [2.45, 2.75) is 12.5 Å². The van der Waals surface area contributed by atoms with Gasteiger partial charge >= 0.3 is 0 Å². The Labute approximate surface area is 139 Å². The van der Waals surface area contributed by atoms with Crippen LogP contribution in [0.3, 0.4) is 0 Å². The molecule has 0 aromatic heterocycles. The number of carbonyl (C=O) groups excluding carboxylic acids is 1. The normalized spacial score (nSPS) is 16.1. The van der Waals surface area contributed by atoms with Crippen LogP contribution < -0.4 is 18.9 Å². The fourth-order valence-corrected chi connectivity index (χ4v) is 2.78. The number of hydrogen-bond acceptors (Lipinski definition) is 6. The van der Waals surface area contributed by atoms with E-state index in [-0.39, 0.29) is 35.0 Å². The number of phenols is 1. The maximum absolute atomic E-state index is 12.6. The van der Waals surface area contributed by atoms with Crippen LogP contribution in [0.15, 0.2) is 30.3 Å². The van der Waals surface area contributed by atoms with Gasteiger partial charge in [0.2, 0.25) is 5.75 Å². The van der Waals surface area contributed by atoms with E-state index in [1.165, 1.54) is 20.3 Å². The summed E-state index contributed by atoms with van der Waals surface area (Å²) in [5.41, 5.74) is 1.10. The summed E-state index contributed by atoms with van der Waals surface area (Å²) in [5, 5.41) is 10.1. The molecule has 0 amide bonds. The molecule has 0 spiro atoms. The minimum absolute atomic E-state index is 0.0718. The molecule has 0 bridgehead atoms. The first-order valence-corrected chi connectivity index (χ1v) is 7.40. The summed E-state index contributed by atoms with van der Waals surface area (Å²) in [6.45, 7) is 0. The third-order valence-corrected chi connectivity index (χ3v) is 4.01. The average molecular weight is 330 g/mol. The zero-order valence-corrected chi connectivity index (χ0v) is 13.7. The number of rotatable bonds is 4. The molecule has 2 aromatic rings. The van der Waals surface area contributed by atoms with Crippen LogP contribution in [0.5, 0.6) is 28.7 Å². The third kappa shape index (κ3) is 2.60. The number of aromatic hydroxyl groups is 1. The summed E-state index contributed by atoms with van der Waals surface area (Å²) < 4.78 is 21.4. The van der Waals surface area contributed by atoms with Gasteiger partial charge in [0.25, 0.3) is 0 Å². The van der Waals surface area contributed by atoms with Crippen molar-refractivity contribution in [2.24, 2.45) is 0 Å². The maximum atomic E-state index is 12.6. The molecule has 1 aliphatic rings. The summed E-state index contributed by atoms with van der Waals surface area (Å²) in [7, 11) is 4.40. The second kappa shape index (κ2) is 6.31. The van der Waals surface area contributed by atoms with E-state index in [4.69, 9.17) is 18.9 Å². The minimum Gasteiger partial charge on any atom is -0.502 e. The molecule has 0 fully saturated rings. The fraction of sp³-hybridized carbons (Fsp3) is 0.278. The number of hydrogen-bond donors (Lipinski definition) is 1. The van der Waals surface area contributed by atoms with Crippen molar-refractivity contribution in [2.75, 3.05) is 21.3 Å². The van der Waals surface area contributed by atoms with Crippen molar-refractivity contribution >= 4 is 5.78 Å². The van der Waals surface area contributed by atoms with Crippen LogP contribution in [0.4, 0.5) is 0 Å². The Kier molecular flexibility index (Phi) is 4.20. The van der Waals surface area contributed by atoms with E-state index in [1.54, 1.807) is 7.11 Å². The van der Waals surface area contributed by atoms with Gasteiger partial charge in [-0.1, -0.05) is 12.1 Å². The van der Waals surface area contributed by atoms with Crippen LogP contribution in [-0.2, 0) is 0 Å². The summed E-state index contributed by atoms with van der Waals surface area (Å²) in [4.78, 5) is 12.6. The van der Waals surface area contributed by atoms with Crippen LogP contribution in [0, 0.1) is 0 Å². The van der Waals surface area contributed by atoms with Gasteiger partial charge in [0.1, 0.15) is 23.2 Å². The molecule has 6 nitrogen and oxygen atoms in total. The number of benzene rings is 2. The van der Waals surface area contributed by atoms with E-state index >= 15 is 0 Å². The SMILES string of the molecule is COc1ccc([C@H]2CC(=O)c3c(cc(OC)c(O)c3OC)O2)cc1. The van der Waals surface area contributed by atoms with E-state index in [1.807, 2.05) is 24.3 Å². The van der Waals surface area contributed by atoms with Crippen molar-refractivity contribution in [3.63, 3.8) is 0 Å². The van der Waals surface area contributed by atoms with Crippen molar-refractivity contribution in [3.05, 3.63) is 41.5 Å². The molecule has 0 radical (unpaired) electrons. The van der Waals surface area contributed by atoms with E-state index < -0.39 is 6.10 Å². The van der Waals surface area contributed by atoms with Crippen molar-refractivity contribution in [1.82, 2.24) is 0 Å². The van der Waals surface area contributed by atoms with Crippen molar-refractivity contribution < 1.29 is 28.8 Å². The van der Waals surface area contributed by atoms with Gasteiger partial charge in [-0.15, -0.1) is 0 Å². The molecule has 1 atom stereocenters. The van der Waals surface area contributed by atoms with Gasteiger partial charge < -0.3 is 24.1 Å². The topological polar surface area (TPSA) is 74.2 Å². The van der Waals surface area contributed by atoms with Crippen LogP contribution >= 0.6 is 0 Å². The Morgan fingerprint density at radius 3 is 2.38 bits per heavy atom. The third-order valence-electron chi connectivity index (χ3n) is 4.01.